The van der Waals surface area contributed by atoms with Crippen LogP contribution in [0.5, 0.6) is 0 Å². The van der Waals surface area contributed by atoms with Crippen LogP contribution in [0.2, 0.25) is 0 Å². The van der Waals surface area contributed by atoms with Crippen LogP contribution in [0.4, 0.5) is 5.69 Å². The minimum absolute atomic E-state index is 0.677. The molecule has 1 aromatic carbocycles. The monoisotopic (exact) mass is 204 g/mol. The van der Waals surface area contributed by atoms with Crippen molar-refractivity contribution in [3.63, 3.8) is 0 Å². The Morgan fingerprint density at radius 1 is 1.40 bits per heavy atom. The average Bonchev–Trinajstić information content (AvgIpc) is 2.75. The first-order valence-corrected chi connectivity index (χ1v) is 5.86. The van der Waals surface area contributed by atoms with Crippen molar-refractivity contribution in [3.8, 4) is 0 Å². The maximum absolute atomic E-state index is 3.43. The lowest BCUT2D eigenvalue weighted by Gasteiger charge is -2.30. The van der Waals surface area contributed by atoms with E-state index in [1.165, 1.54) is 17.7 Å². The molecule has 15 heavy (non-hydrogen) atoms. The summed E-state index contributed by atoms with van der Waals surface area (Å²) in [6, 6.07) is 9.35. The molecule has 1 saturated heterocycles. The summed E-state index contributed by atoms with van der Waals surface area (Å²) in [7, 11) is 0. The van der Waals surface area contributed by atoms with E-state index in [2.05, 4.69) is 48.3 Å². The van der Waals surface area contributed by atoms with Crippen LogP contribution in [0.15, 0.2) is 24.3 Å². The SMILES string of the molecule is CCN(c1ccccc1C)C1CCNC1. The number of anilines is 1. The van der Waals surface area contributed by atoms with Gasteiger partial charge in [-0.05, 0) is 38.4 Å². The first-order chi connectivity index (χ1) is 7.33. The summed E-state index contributed by atoms with van der Waals surface area (Å²) >= 11 is 0. The van der Waals surface area contributed by atoms with Crippen LogP contribution in [-0.2, 0) is 0 Å². The maximum Gasteiger partial charge on any atom is 0.0426 e. The Labute approximate surface area is 92.3 Å². The summed E-state index contributed by atoms with van der Waals surface area (Å²) in [4.78, 5) is 2.52. The number of hydrogen-bond donors (Lipinski definition) is 1. The summed E-state index contributed by atoms with van der Waals surface area (Å²) in [5.41, 5.74) is 2.78. The maximum atomic E-state index is 3.43. The Kier molecular flexibility index (Phi) is 3.27. The molecule has 1 atom stereocenters. The van der Waals surface area contributed by atoms with Crippen molar-refractivity contribution >= 4 is 5.69 Å². The molecule has 0 saturated carbocycles. The molecule has 82 valence electrons. The number of nitrogens with zero attached hydrogens (tertiary/aromatic N) is 1. The highest BCUT2D eigenvalue weighted by Gasteiger charge is 2.21. The number of aryl methyl sites for hydroxylation is 1. The van der Waals surface area contributed by atoms with Gasteiger partial charge in [0, 0.05) is 24.8 Å². The van der Waals surface area contributed by atoms with E-state index in [0.717, 1.165) is 19.6 Å². The molecule has 0 radical (unpaired) electrons. The van der Waals surface area contributed by atoms with E-state index in [1.807, 2.05) is 0 Å². The highest BCUT2D eigenvalue weighted by atomic mass is 15.2. The second-order valence-corrected chi connectivity index (χ2v) is 4.22. The molecule has 0 aliphatic carbocycles. The quantitative estimate of drug-likeness (QED) is 0.812. The van der Waals surface area contributed by atoms with Crippen molar-refractivity contribution in [2.75, 3.05) is 24.5 Å². The van der Waals surface area contributed by atoms with Gasteiger partial charge in [-0.1, -0.05) is 18.2 Å². The Hall–Kier alpha value is -1.02. The fourth-order valence-electron chi connectivity index (χ4n) is 2.42. The Bertz CT molecular complexity index is 316. The molecule has 0 aromatic heterocycles. The number of nitrogens with one attached hydrogen (secondary N) is 1. The first kappa shape index (κ1) is 10.5. The van der Waals surface area contributed by atoms with Gasteiger partial charge in [-0.3, -0.25) is 0 Å². The van der Waals surface area contributed by atoms with E-state index in [-0.39, 0.29) is 0 Å². The highest BCUT2D eigenvalue weighted by molar-refractivity contribution is 5.53. The molecule has 1 heterocycles. The molecular formula is C13H20N2. The molecule has 2 heteroatoms. The number of rotatable bonds is 3. The largest absolute Gasteiger partial charge is 0.367 e. The number of para-hydroxylation sites is 1. The Balaban J connectivity index is 2.22. The minimum Gasteiger partial charge on any atom is -0.367 e. The molecule has 1 N–H and O–H groups in total. The van der Waals surface area contributed by atoms with Crippen LogP contribution in [-0.4, -0.2) is 25.7 Å². The predicted molar refractivity (Wildman–Crippen MR) is 65.5 cm³/mol. The number of benzene rings is 1. The lowest BCUT2D eigenvalue weighted by molar-refractivity contribution is 0.646. The number of hydrogen-bond acceptors (Lipinski definition) is 2. The van der Waals surface area contributed by atoms with Gasteiger partial charge in [0.05, 0.1) is 0 Å². The zero-order valence-electron chi connectivity index (χ0n) is 9.66. The molecule has 1 aliphatic heterocycles. The van der Waals surface area contributed by atoms with Crippen LogP contribution < -0.4 is 10.2 Å². The Morgan fingerprint density at radius 2 is 2.20 bits per heavy atom. The van der Waals surface area contributed by atoms with E-state index in [0.29, 0.717) is 6.04 Å². The van der Waals surface area contributed by atoms with Crippen LogP contribution in [0.1, 0.15) is 18.9 Å². The van der Waals surface area contributed by atoms with E-state index in [1.54, 1.807) is 0 Å². The van der Waals surface area contributed by atoms with Crippen molar-refractivity contribution in [2.45, 2.75) is 26.3 Å². The van der Waals surface area contributed by atoms with Crippen molar-refractivity contribution in [1.29, 1.82) is 0 Å². The molecule has 1 fully saturated rings. The van der Waals surface area contributed by atoms with Gasteiger partial charge in [-0.15, -0.1) is 0 Å². The van der Waals surface area contributed by atoms with Crippen LogP contribution in [0.25, 0.3) is 0 Å². The molecule has 0 spiro atoms. The van der Waals surface area contributed by atoms with Crippen LogP contribution in [0.3, 0.4) is 0 Å². The predicted octanol–water partition coefficient (Wildman–Crippen LogP) is 2.18. The standard InChI is InChI=1S/C13H20N2/c1-3-15(12-8-9-14-10-12)13-7-5-4-6-11(13)2/h4-7,12,14H,3,8-10H2,1-2H3. The lowest BCUT2D eigenvalue weighted by atomic mass is 10.1. The number of likely N-dealkylation sites (N-methyl/N-ethyl adjacent to an activating group) is 1. The van der Waals surface area contributed by atoms with Crippen molar-refractivity contribution in [1.82, 2.24) is 5.32 Å². The second-order valence-electron chi connectivity index (χ2n) is 4.22. The van der Waals surface area contributed by atoms with Gasteiger partial charge in [-0.25, -0.2) is 0 Å². The lowest BCUT2D eigenvalue weighted by Crippen LogP contribution is -2.37. The molecule has 1 aromatic rings. The second kappa shape index (κ2) is 4.67. The molecule has 0 amide bonds. The van der Waals surface area contributed by atoms with Gasteiger partial charge in [-0.2, -0.15) is 0 Å². The van der Waals surface area contributed by atoms with Crippen molar-refractivity contribution in [3.05, 3.63) is 29.8 Å². The van der Waals surface area contributed by atoms with Gasteiger partial charge >= 0.3 is 0 Å². The van der Waals surface area contributed by atoms with E-state index < -0.39 is 0 Å². The van der Waals surface area contributed by atoms with Gasteiger partial charge in [0.1, 0.15) is 0 Å². The highest BCUT2D eigenvalue weighted by Crippen LogP contribution is 2.23. The molecule has 0 bridgehead atoms. The summed E-state index contributed by atoms with van der Waals surface area (Å²) in [5.74, 6) is 0. The van der Waals surface area contributed by atoms with Gasteiger partial charge < -0.3 is 10.2 Å². The van der Waals surface area contributed by atoms with E-state index in [9.17, 15) is 0 Å². The molecule has 2 rings (SSSR count). The first-order valence-electron chi connectivity index (χ1n) is 5.86. The van der Waals surface area contributed by atoms with E-state index in [4.69, 9.17) is 0 Å². The normalized spacial score (nSPS) is 20.5. The summed E-state index contributed by atoms with van der Waals surface area (Å²) in [5, 5.41) is 3.43. The van der Waals surface area contributed by atoms with E-state index >= 15 is 0 Å². The van der Waals surface area contributed by atoms with Crippen LogP contribution in [0, 0.1) is 6.92 Å². The smallest absolute Gasteiger partial charge is 0.0426 e. The zero-order chi connectivity index (χ0) is 10.7. The van der Waals surface area contributed by atoms with Gasteiger partial charge in [0.25, 0.3) is 0 Å². The third kappa shape index (κ3) is 2.15. The topological polar surface area (TPSA) is 15.3 Å². The fourth-order valence-corrected chi connectivity index (χ4v) is 2.42. The average molecular weight is 204 g/mol. The summed E-state index contributed by atoms with van der Waals surface area (Å²) in [6.45, 7) is 7.82. The third-order valence-electron chi connectivity index (χ3n) is 3.24. The molecule has 1 unspecified atom stereocenters. The Morgan fingerprint density at radius 3 is 2.80 bits per heavy atom. The summed E-state index contributed by atoms with van der Waals surface area (Å²) < 4.78 is 0. The van der Waals surface area contributed by atoms with Crippen molar-refractivity contribution in [2.24, 2.45) is 0 Å². The minimum atomic E-state index is 0.677. The van der Waals surface area contributed by atoms with Crippen LogP contribution >= 0.6 is 0 Å². The summed E-state index contributed by atoms with van der Waals surface area (Å²) in [6.07, 6.45) is 1.27. The van der Waals surface area contributed by atoms with Gasteiger partial charge in [0.2, 0.25) is 0 Å². The van der Waals surface area contributed by atoms with Gasteiger partial charge in [0.15, 0.2) is 0 Å². The molecule has 2 nitrogen and oxygen atoms in total. The third-order valence-corrected chi connectivity index (χ3v) is 3.24. The molecular weight excluding hydrogens is 184 g/mol. The van der Waals surface area contributed by atoms with Crippen molar-refractivity contribution < 1.29 is 0 Å². The fraction of sp³-hybridized carbons (Fsp3) is 0.538. The zero-order valence-corrected chi connectivity index (χ0v) is 9.66. The molecule has 1 aliphatic rings.